The second-order valence-corrected chi connectivity index (χ2v) is 6.20. The molecule has 0 aliphatic rings. The molecule has 0 aliphatic heterocycles. The number of carbonyl (C=O) groups is 1. The fraction of sp³-hybridized carbons (Fsp3) is 0.333. The molecule has 0 radical (unpaired) electrons. The highest BCUT2D eigenvalue weighted by atomic mass is 32.2. The number of aromatic nitrogens is 2. The molecule has 114 valence electrons. The van der Waals surface area contributed by atoms with Gasteiger partial charge in [-0.1, -0.05) is 0 Å². The van der Waals surface area contributed by atoms with Crippen molar-refractivity contribution in [2.45, 2.75) is 6.42 Å². The summed E-state index contributed by atoms with van der Waals surface area (Å²) in [5, 5.41) is 7.52. The molecule has 2 aromatic rings. The number of nitrogens with zero attached hydrogens (tertiary/aromatic N) is 2. The first-order valence-electron chi connectivity index (χ1n) is 6.16. The van der Waals surface area contributed by atoms with Gasteiger partial charge in [-0.15, -0.1) is 0 Å². The summed E-state index contributed by atoms with van der Waals surface area (Å²) in [6.07, 6.45) is 1.64. The molecular weight excluding hydrogens is 296 g/mol. The summed E-state index contributed by atoms with van der Waals surface area (Å²) in [7, 11) is -1.08. The summed E-state index contributed by atoms with van der Waals surface area (Å²) in [5.41, 5.74) is 1.14. The number of methoxy groups -OCH3 is 1. The third kappa shape index (κ3) is 3.70. The van der Waals surface area contributed by atoms with Crippen molar-refractivity contribution in [3.8, 4) is 0 Å². The minimum absolute atomic E-state index is 0.00645. The van der Waals surface area contributed by atoms with Crippen molar-refractivity contribution in [3.05, 3.63) is 24.4 Å². The maximum absolute atomic E-state index is 12.1. The van der Waals surface area contributed by atoms with Crippen LogP contribution in [0.15, 0.2) is 24.4 Å². The van der Waals surface area contributed by atoms with Crippen LogP contribution < -0.4 is 4.72 Å². The van der Waals surface area contributed by atoms with Gasteiger partial charge in [0.05, 0.1) is 30.9 Å². The zero-order valence-corrected chi connectivity index (χ0v) is 12.5. The molecule has 0 amide bonds. The molecule has 0 saturated heterocycles. The van der Waals surface area contributed by atoms with Crippen molar-refractivity contribution in [3.63, 3.8) is 0 Å². The van der Waals surface area contributed by atoms with E-state index in [0.29, 0.717) is 5.69 Å². The molecule has 0 aliphatic carbocycles. The van der Waals surface area contributed by atoms with Gasteiger partial charge in [0.25, 0.3) is 0 Å². The Morgan fingerprint density at radius 2 is 2.24 bits per heavy atom. The van der Waals surface area contributed by atoms with E-state index in [9.17, 15) is 13.2 Å². The molecule has 0 saturated carbocycles. The van der Waals surface area contributed by atoms with E-state index >= 15 is 0 Å². The lowest BCUT2D eigenvalue weighted by molar-refractivity contribution is -0.140. The van der Waals surface area contributed by atoms with Crippen molar-refractivity contribution in [2.24, 2.45) is 0 Å². The van der Waals surface area contributed by atoms with Gasteiger partial charge in [0.15, 0.2) is 0 Å². The predicted molar refractivity (Wildman–Crippen MR) is 77.9 cm³/mol. The topological polar surface area (TPSA) is 104 Å². The van der Waals surface area contributed by atoms with Gasteiger partial charge in [-0.3, -0.25) is 14.6 Å². The van der Waals surface area contributed by atoms with E-state index < -0.39 is 16.2 Å². The molecule has 1 aromatic carbocycles. The number of esters is 1. The number of carbonyl (C=O) groups excluding carboxylic acids is 1. The Balaban J connectivity index is 2.07. The molecule has 0 atom stereocenters. The summed E-state index contributed by atoms with van der Waals surface area (Å²) in [4.78, 5) is 11.0. The maximum Gasteiger partial charge on any atom is 0.306 e. The second-order valence-electron chi connectivity index (χ2n) is 4.43. The molecule has 9 heteroatoms. The predicted octanol–water partition coefficient (Wildman–Crippen LogP) is 0.714. The molecule has 0 bridgehead atoms. The average Bonchev–Trinajstić information content (AvgIpc) is 2.91. The smallest absolute Gasteiger partial charge is 0.306 e. The second kappa shape index (κ2) is 6.10. The van der Waals surface area contributed by atoms with Gasteiger partial charge in [-0.05, 0) is 18.2 Å². The van der Waals surface area contributed by atoms with Crippen LogP contribution in [0.5, 0.6) is 0 Å². The van der Waals surface area contributed by atoms with Gasteiger partial charge >= 0.3 is 16.2 Å². The van der Waals surface area contributed by atoms with Gasteiger partial charge in [-0.25, -0.2) is 0 Å². The Labute approximate surface area is 122 Å². The van der Waals surface area contributed by atoms with E-state index in [-0.39, 0.29) is 13.0 Å². The first kappa shape index (κ1) is 15.3. The maximum atomic E-state index is 12.1. The molecule has 21 heavy (non-hydrogen) atoms. The minimum atomic E-state index is -3.73. The molecule has 2 N–H and O–H groups in total. The molecule has 0 unspecified atom stereocenters. The third-order valence-electron chi connectivity index (χ3n) is 2.96. The summed E-state index contributed by atoms with van der Waals surface area (Å²) >= 11 is 0. The van der Waals surface area contributed by atoms with Crippen LogP contribution in [0.3, 0.4) is 0 Å². The van der Waals surface area contributed by atoms with E-state index in [1.54, 1.807) is 24.4 Å². The van der Waals surface area contributed by atoms with Crippen LogP contribution in [-0.2, 0) is 19.7 Å². The minimum Gasteiger partial charge on any atom is -0.469 e. The van der Waals surface area contributed by atoms with Crippen LogP contribution in [-0.4, -0.2) is 49.6 Å². The number of aromatic amines is 1. The van der Waals surface area contributed by atoms with E-state index in [0.717, 1.165) is 15.2 Å². The zero-order chi connectivity index (χ0) is 15.5. The number of nitrogens with one attached hydrogen (secondary N) is 2. The lowest BCUT2D eigenvalue weighted by atomic mass is 10.2. The van der Waals surface area contributed by atoms with Crippen molar-refractivity contribution in [1.82, 2.24) is 14.5 Å². The molecule has 1 aromatic heterocycles. The first-order valence-corrected chi connectivity index (χ1v) is 7.60. The lowest BCUT2D eigenvalue weighted by Gasteiger charge is -2.17. The van der Waals surface area contributed by atoms with Crippen LogP contribution in [0.4, 0.5) is 5.69 Å². The number of rotatable bonds is 6. The van der Waals surface area contributed by atoms with Crippen LogP contribution in [0, 0.1) is 0 Å². The highest BCUT2D eigenvalue weighted by Gasteiger charge is 2.18. The van der Waals surface area contributed by atoms with Crippen molar-refractivity contribution >= 4 is 32.8 Å². The van der Waals surface area contributed by atoms with Gasteiger partial charge in [0, 0.05) is 19.0 Å². The molecule has 1 heterocycles. The van der Waals surface area contributed by atoms with Gasteiger partial charge in [0.2, 0.25) is 0 Å². The summed E-state index contributed by atoms with van der Waals surface area (Å²) < 4.78 is 32.2. The normalized spacial score (nSPS) is 11.8. The van der Waals surface area contributed by atoms with Gasteiger partial charge < -0.3 is 4.74 Å². The fourth-order valence-corrected chi connectivity index (χ4v) is 2.61. The molecule has 0 fully saturated rings. The Morgan fingerprint density at radius 1 is 1.48 bits per heavy atom. The Morgan fingerprint density at radius 3 is 2.95 bits per heavy atom. The zero-order valence-electron chi connectivity index (χ0n) is 11.7. The van der Waals surface area contributed by atoms with Crippen LogP contribution >= 0.6 is 0 Å². The number of anilines is 1. The fourth-order valence-electron chi connectivity index (χ4n) is 1.70. The van der Waals surface area contributed by atoms with Crippen molar-refractivity contribution in [1.29, 1.82) is 0 Å². The van der Waals surface area contributed by atoms with E-state index in [1.807, 2.05) is 0 Å². The number of ether oxygens (including phenoxy) is 1. The highest BCUT2D eigenvalue weighted by molar-refractivity contribution is 7.90. The first-order chi connectivity index (χ1) is 9.92. The quantitative estimate of drug-likeness (QED) is 0.765. The standard InChI is InChI=1S/C12H16N4O4S/c1-16(6-5-12(17)20-2)21(18,19)15-10-4-3-9-8-13-14-11(9)7-10/h3-4,7-8,15H,5-6H2,1-2H3,(H,13,14). The van der Waals surface area contributed by atoms with Crippen molar-refractivity contribution in [2.75, 3.05) is 25.4 Å². The Bertz CT molecular complexity index is 741. The average molecular weight is 312 g/mol. The highest BCUT2D eigenvalue weighted by Crippen LogP contribution is 2.18. The lowest BCUT2D eigenvalue weighted by Crippen LogP contribution is -2.34. The van der Waals surface area contributed by atoms with E-state index in [4.69, 9.17) is 0 Å². The Hall–Kier alpha value is -2.13. The largest absolute Gasteiger partial charge is 0.469 e. The third-order valence-corrected chi connectivity index (χ3v) is 4.45. The summed E-state index contributed by atoms with van der Waals surface area (Å²) in [5.74, 6) is -0.462. The van der Waals surface area contributed by atoms with Gasteiger partial charge in [-0.2, -0.15) is 17.8 Å². The SMILES string of the molecule is COC(=O)CCN(C)S(=O)(=O)Nc1ccc2cn[nH]c2c1. The number of benzene rings is 1. The molecule has 0 spiro atoms. The van der Waals surface area contributed by atoms with Crippen LogP contribution in [0.1, 0.15) is 6.42 Å². The Kier molecular flexibility index (Phi) is 4.43. The van der Waals surface area contributed by atoms with Crippen LogP contribution in [0.25, 0.3) is 10.9 Å². The monoisotopic (exact) mass is 312 g/mol. The van der Waals surface area contributed by atoms with Gasteiger partial charge in [0.1, 0.15) is 0 Å². The molecular formula is C12H16N4O4S. The number of fused-ring (bicyclic) bond motifs is 1. The summed E-state index contributed by atoms with van der Waals surface area (Å²) in [6, 6.07) is 5.04. The van der Waals surface area contributed by atoms with E-state index in [1.165, 1.54) is 14.2 Å². The number of hydrogen-bond acceptors (Lipinski definition) is 5. The number of H-pyrrole nitrogens is 1. The van der Waals surface area contributed by atoms with Crippen molar-refractivity contribution < 1.29 is 17.9 Å². The molecule has 8 nitrogen and oxygen atoms in total. The van der Waals surface area contributed by atoms with E-state index in [2.05, 4.69) is 19.7 Å². The molecule has 2 rings (SSSR count). The number of hydrogen-bond donors (Lipinski definition) is 2. The summed E-state index contributed by atoms with van der Waals surface area (Å²) in [6.45, 7) is 0.0360. The van der Waals surface area contributed by atoms with Crippen LogP contribution in [0.2, 0.25) is 0 Å².